The second kappa shape index (κ2) is 3.86. The molecule has 1 amide bonds. The zero-order valence-corrected chi connectivity index (χ0v) is 7.03. The Morgan fingerprint density at radius 3 is 2.47 bits per heavy atom. The minimum absolute atomic E-state index is 0.239. The Bertz CT molecular complexity index is 435. The lowest BCUT2D eigenvalue weighted by atomic mass is 10.2. The molecule has 0 aliphatic rings. The molecule has 0 spiro atoms. The molecular weight excluding hydrogens is 214 g/mol. The number of carbonyl (C=O) groups is 1. The predicted octanol–water partition coefficient (Wildman–Crippen LogP) is 1.96. The minimum atomic E-state index is -1.60. The van der Waals surface area contributed by atoms with Crippen molar-refractivity contribution in [1.29, 1.82) is 0 Å². The van der Waals surface area contributed by atoms with E-state index in [1.165, 1.54) is 0 Å². The lowest BCUT2D eigenvalue weighted by molar-refractivity contribution is -0.387. The van der Waals surface area contributed by atoms with Crippen LogP contribution in [0.25, 0.3) is 0 Å². The first-order valence-corrected chi connectivity index (χ1v) is 3.55. The van der Waals surface area contributed by atoms with Crippen LogP contribution in [0, 0.1) is 21.7 Å². The van der Waals surface area contributed by atoms with Crippen molar-refractivity contribution in [3.8, 4) is 0 Å². The van der Waals surface area contributed by atoms with E-state index in [9.17, 15) is 23.7 Å². The molecule has 0 saturated heterocycles. The van der Waals surface area contributed by atoms with E-state index >= 15 is 0 Å². The fourth-order valence-corrected chi connectivity index (χ4v) is 0.888. The van der Waals surface area contributed by atoms with Gasteiger partial charge in [0.15, 0.2) is 0 Å². The molecule has 6 nitrogen and oxygen atoms in total. The van der Waals surface area contributed by atoms with Gasteiger partial charge in [-0.25, -0.2) is 9.18 Å². The van der Waals surface area contributed by atoms with Gasteiger partial charge < -0.3 is 5.11 Å². The van der Waals surface area contributed by atoms with E-state index in [0.717, 1.165) is 0 Å². The molecule has 0 heterocycles. The summed E-state index contributed by atoms with van der Waals surface area (Å²) in [6, 6.07) is 0.711. The maximum absolute atomic E-state index is 12.9. The number of anilines is 1. The number of nitro benzene ring substituents is 1. The van der Waals surface area contributed by atoms with E-state index in [0.29, 0.717) is 6.07 Å². The zero-order chi connectivity index (χ0) is 11.6. The van der Waals surface area contributed by atoms with Gasteiger partial charge in [-0.1, -0.05) is 0 Å². The standard InChI is InChI=1S/C7H4F2N2O4/c8-3-1-4(9)6(11(14)15)2-5(3)10-7(12)13/h1-2,10H,(H,12,13). The SMILES string of the molecule is O=C(O)Nc1cc([N+](=O)[O-])c(F)cc1F. The molecular formula is C7H4F2N2O4. The van der Waals surface area contributed by atoms with Crippen LogP contribution in [0.1, 0.15) is 0 Å². The van der Waals surface area contributed by atoms with E-state index in [-0.39, 0.29) is 6.07 Å². The molecule has 0 radical (unpaired) electrons. The van der Waals surface area contributed by atoms with Gasteiger partial charge in [-0.3, -0.25) is 15.4 Å². The first-order chi connectivity index (χ1) is 6.91. The molecule has 0 aliphatic carbocycles. The number of nitrogens with one attached hydrogen (secondary N) is 1. The predicted molar refractivity (Wildman–Crippen MR) is 44.7 cm³/mol. The van der Waals surface area contributed by atoms with Crippen LogP contribution < -0.4 is 5.32 Å². The molecule has 1 rings (SSSR count). The van der Waals surface area contributed by atoms with Gasteiger partial charge in [-0.15, -0.1) is 0 Å². The summed E-state index contributed by atoms with van der Waals surface area (Å²) in [6.45, 7) is 0. The molecule has 15 heavy (non-hydrogen) atoms. The quantitative estimate of drug-likeness (QED) is 0.586. The highest BCUT2D eigenvalue weighted by Gasteiger charge is 2.19. The number of halogens is 2. The Balaban J connectivity index is 3.23. The first-order valence-electron chi connectivity index (χ1n) is 3.55. The third-order valence-corrected chi connectivity index (χ3v) is 1.47. The first kappa shape index (κ1) is 10.8. The van der Waals surface area contributed by atoms with Crippen LogP contribution in [-0.2, 0) is 0 Å². The van der Waals surface area contributed by atoms with Crippen molar-refractivity contribution < 1.29 is 23.6 Å². The van der Waals surface area contributed by atoms with Gasteiger partial charge in [0.1, 0.15) is 5.82 Å². The highest BCUT2D eigenvalue weighted by Crippen LogP contribution is 2.24. The molecule has 0 atom stereocenters. The summed E-state index contributed by atoms with van der Waals surface area (Å²) in [6.07, 6.45) is -1.60. The lowest BCUT2D eigenvalue weighted by Gasteiger charge is -2.02. The van der Waals surface area contributed by atoms with E-state index in [1.54, 1.807) is 5.32 Å². The second-order valence-electron chi connectivity index (χ2n) is 2.47. The molecule has 80 valence electrons. The summed E-state index contributed by atoms with van der Waals surface area (Å²) >= 11 is 0. The third-order valence-electron chi connectivity index (χ3n) is 1.47. The second-order valence-corrected chi connectivity index (χ2v) is 2.47. The molecule has 2 N–H and O–H groups in total. The summed E-state index contributed by atoms with van der Waals surface area (Å²) < 4.78 is 25.6. The highest BCUT2D eigenvalue weighted by molar-refractivity contribution is 5.83. The smallest absolute Gasteiger partial charge is 0.409 e. The Kier molecular flexibility index (Phi) is 2.79. The van der Waals surface area contributed by atoms with Crippen LogP contribution in [0.15, 0.2) is 12.1 Å². The summed E-state index contributed by atoms with van der Waals surface area (Å²) in [5.74, 6) is -2.59. The molecule has 1 aromatic rings. The molecule has 0 aromatic heterocycles. The Labute approximate surface area is 81.3 Å². The van der Waals surface area contributed by atoms with Gasteiger partial charge >= 0.3 is 11.8 Å². The normalized spacial score (nSPS) is 9.73. The van der Waals surface area contributed by atoms with E-state index in [1.807, 2.05) is 0 Å². The molecule has 0 fully saturated rings. The van der Waals surface area contributed by atoms with Crippen LogP contribution in [0.2, 0.25) is 0 Å². The summed E-state index contributed by atoms with van der Waals surface area (Å²) in [4.78, 5) is 19.3. The number of rotatable bonds is 2. The lowest BCUT2D eigenvalue weighted by Crippen LogP contribution is -2.09. The van der Waals surface area contributed by atoms with Gasteiger partial charge in [0.05, 0.1) is 10.6 Å². The van der Waals surface area contributed by atoms with Crippen molar-refractivity contribution >= 4 is 17.5 Å². The van der Waals surface area contributed by atoms with Crippen LogP contribution in [0.5, 0.6) is 0 Å². The van der Waals surface area contributed by atoms with E-state index in [4.69, 9.17) is 5.11 Å². The van der Waals surface area contributed by atoms with Crippen LogP contribution in [0.4, 0.5) is 25.0 Å². The fraction of sp³-hybridized carbons (Fsp3) is 0. The van der Waals surface area contributed by atoms with Crippen molar-refractivity contribution in [1.82, 2.24) is 0 Å². The third kappa shape index (κ3) is 2.36. The Morgan fingerprint density at radius 1 is 1.40 bits per heavy atom. The van der Waals surface area contributed by atoms with Gasteiger partial charge in [-0.05, 0) is 0 Å². The van der Waals surface area contributed by atoms with Crippen molar-refractivity contribution in [2.45, 2.75) is 0 Å². The number of hydrogen-bond acceptors (Lipinski definition) is 3. The largest absolute Gasteiger partial charge is 0.465 e. The molecule has 0 bridgehead atoms. The number of benzene rings is 1. The van der Waals surface area contributed by atoms with Crippen molar-refractivity contribution in [3.63, 3.8) is 0 Å². The average Bonchev–Trinajstić information content (AvgIpc) is 2.08. The van der Waals surface area contributed by atoms with Gasteiger partial charge in [0, 0.05) is 12.1 Å². The monoisotopic (exact) mass is 218 g/mol. The molecule has 0 unspecified atom stereocenters. The van der Waals surface area contributed by atoms with Crippen LogP contribution in [0.3, 0.4) is 0 Å². The highest BCUT2D eigenvalue weighted by atomic mass is 19.1. The molecule has 0 saturated carbocycles. The average molecular weight is 218 g/mol. The number of amides is 1. The number of carboxylic acid groups (broad SMARTS) is 1. The Morgan fingerprint density at radius 2 is 2.00 bits per heavy atom. The maximum atomic E-state index is 12.9. The summed E-state index contributed by atoms with van der Waals surface area (Å²) in [7, 11) is 0. The maximum Gasteiger partial charge on any atom is 0.409 e. The van der Waals surface area contributed by atoms with Crippen LogP contribution in [-0.4, -0.2) is 16.1 Å². The molecule has 0 aliphatic heterocycles. The van der Waals surface area contributed by atoms with E-state index in [2.05, 4.69) is 0 Å². The van der Waals surface area contributed by atoms with Crippen molar-refractivity contribution in [2.24, 2.45) is 0 Å². The molecule has 1 aromatic carbocycles. The number of hydrogen-bond donors (Lipinski definition) is 2. The zero-order valence-electron chi connectivity index (χ0n) is 7.03. The number of nitrogens with zero attached hydrogens (tertiary/aromatic N) is 1. The fourth-order valence-electron chi connectivity index (χ4n) is 0.888. The van der Waals surface area contributed by atoms with Crippen LogP contribution >= 0.6 is 0 Å². The van der Waals surface area contributed by atoms with Crippen molar-refractivity contribution in [2.75, 3.05) is 5.32 Å². The van der Waals surface area contributed by atoms with Gasteiger partial charge in [0.25, 0.3) is 0 Å². The summed E-state index contributed by atoms with van der Waals surface area (Å²) in [5, 5.41) is 20.1. The van der Waals surface area contributed by atoms with Gasteiger partial charge in [-0.2, -0.15) is 4.39 Å². The van der Waals surface area contributed by atoms with Crippen molar-refractivity contribution in [3.05, 3.63) is 33.9 Å². The molecule has 8 heteroatoms. The van der Waals surface area contributed by atoms with E-state index < -0.39 is 34.0 Å². The Hall–Kier alpha value is -2.25. The topological polar surface area (TPSA) is 92.5 Å². The summed E-state index contributed by atoms with van der Waals surface area (Å²) in [5.41, 5.74) is -1.67. The minimum Gasteiger partial charge on any atom is -0.465 e. The number of nitro groups is 1. The van der Waals surface area contributed by atoms with Gasteiger partial charge in [0.2, 0.25) is 5.82 Å².